The standard InChI is InChI=1S/C13H24O/c1-2-3-4-5-10-6-11(10)7-12-8-13(12)9-14/h10-14H,2-9H2,1H3/t10?,11-,12?,13?/m1/s1. The molecule has 0 bridgehead atoms. The molecule has 2 aliphatic rings. The lowest BCUT2D eigenvalue weighted by Gasteiger charge is -1.99. The highest BCUT2D eigenvalue weighted by molar-refractivity contribution is 4.94. The van der Waals surface area contributed by atoms with Gasteiger partial charge in [0.05, 0.1) is 0 Å². The van der Waals surface area contributed by atoms with Gasteiger partial charge in [-0.2, -0.15) is 0 Å². The van der Waals surface area contributed by atoms with Crippen molar-refractivity contribution in [2.24, 2.45) is 23.7 Å². The molecule has 0 amide bonds. The highest BCUT2D eigenvalue weighted by atomic mass is 16.3. The first-order chi connectivity index (χ1) is 6.85. The summed E-state index contributed by atoms with van der Waals surface area (Å²) >= 11 is 0. The van der Waals surface area contributed by atoms with Crippen LogP contribution in [0.4, 0.5) is 0 Å². The highest BCUT2D eigenvalue weighted by Crippen LogP contribution is 2.53. The van der Waals surface area contributed by atoms with Crippen molar-refractivity contribution in [2.75, 3.05) is 6.61 Å². The third kappa shape index (κ3) is 2.73. The average molecular weight is 196 g/mol. The van der Waals surface area contributed by atoms with Crippen LogP contribution >= 0.6 is 0 Å². The average Bonchev–Trinajstić information content (AvgIpc) is 3.06. The quantitative estimate of drug-likeness (QED) is 0.620. The van der Waals surface area contributed by atoms with Crippen molar-refractivity contribution in [3.63, 3.8) is 0 Å². The molecule has 1 heteroatoms. The van der Waals surface area contributed by atoms with Crippen LogP contribution in [0.3, 0.4) is 0 Å². The summed E-state index contributed by atoms with van der Waals surface area (Å²) in [5.74, 6) is 3.71. The Morgan fingerprint density at radius 2 is 1.71 bits per heavy atom. The summed E-state index contributed by atoms with van der Waals surface area (Å²) in [6, 6.07) is 0. The van der Waals surface area contributed by atoms with Gasteiger partial charge in [-0.25, -0.2) is 0 Å². The van der Waals surface area contributed by atoms with Gasteiger partial charge in [0, 0.05) is 6.61 Å². The van der Waals surface area contributed by atoms with Crippen LogP contribution in [0.5, 0.6) is 0 Å². The molecule has 0 saturated heterocycles. The lowest BCUT2D eigenvalue weighted by atomic mass is 10.1. The summed E-state index contributed by atoms with van der Waals surface area (Å²) in [6.07, 6.45) is 9.95. The van der Waals surface area contributed by atoms with Gasteiger partial charge in [-0.05, 0) is 42.9 Å². The molecule has 0 heterocycles. The smallest absolute Gasteiger partial charge is 0.0462 e. The molecule has 1 nitrogen and oxygen atoms in total. The fourth-order valence-electron chi connectivity index (χ4n) is 2.82. The Kier molecular flexibility index (Phi) is 3.48. The number of aliphatic hydroxyl groups excluding tert-OH is 1. The van der Waals surface area contributed by atoms with E-state index < -0.39 is 0 Å². The van der Waals surface area contributed by atoms with E-state index in [1.807, 2.05) is 0 Å². The second-order valence-electron chi connectivity index (χ2n) is 5.43. The Morgan fingerprint density at radius 1 is 1.00 bits per heavy atom. The third-order valence-corrected chi connectivity index (χ3v) is 4.16. The number of hydrogen-bond donors (Lipinski definition) is 1. The second kappa shape index (κ2) is 4.65. The molecule has 0 aromatic carbocycles. The molecule has 2 rings (SSSR count). The first-order valence-electron chi connectivity index (χ1n) is 6.46. The van der Waals surface area contributed by atoms with E-state index in [0.717, 1.165) is 17.8 Å². The Balaban J connectivity index is 1.50. The predicted octanol–water partition coefficient (Wildman–Crippen LogP) is 3.22. The minimum Gasteiger partial charge on any atom is -0.396 e. The van der Waals surface area contributed by atoms with E-state index in [1.54, 1.807) is 0 Å². The molecule has 2 aliphatic carbocycles. The summed E-state index contributed by atoms with van der Waals surface area (Å²) in [6.45, 7) is 2.72. The van der Waals surface area contributed by atoms with E-state index >= 15 is 0 Å². The fraction of sp³-hybridized carbons (Fsp3) is 1.00. The van der Waals surface area contributed by atoms with Gasteiger partial charge in [-0.3, -0.25) is 0 Å². The Hall–Kier alpha value is -0.0400. The lowest BCUT2D eigenvalue weighted by molar-refractivity contribution is 0.266. The molecule has 0 aromatic rings. The van der Waals surface area contributed by atoms with Gasteiger partial charge in [0.25, 0.3) is 0 Å². The first-order valence-corrected chi connectivity index (χ1v) is 6.46. The van der Waals surface area contributed by atoms with Gasteiger partial charge < -0.3 is 5.11 Å². The van der Waals surface area contributed by atoms with Crippen LogP contribution in [-0.2, 0) is 0 Å². The maximum absolute atomic E-state index is 8.95. The maximum Gasteiger partial charge on any atom is 0.0462 e. The minimum absolute atomic E-state index is 0.442. The molecule has 2 saturated carbocycles. The molecule has 82 valence electrons. The molecule has 0 spiro atoms. The van der Waals surface area contributed by atoms with Gasteiger partial charge in [0.15, 0.2) is 0 Å². The fourth-order valence-corrected chi connectivity index (χ4v) is 2.82. The number of unbranched alkanes of at least 4 members (excludes halogenated alkanes) is 2. The van der Waals surface area contributed by atoms with Crippen molar-refractivity contribution >= 4 is 0 Å². The van der Waals surface area contributed by atoms with Crippen LogP contribution < -0.4 is 0 Å². The van der Waals surface area contributed by atoms with Crippen LogP contribution in [0.2, 0.25) is 0 Å². The van der Waals surface area contributed by atoms with Crippen molar-refractivity contribution < 1.29 is 5.11 Å². The molecule has 14 heavy (non-hydrogen) atoms. The van der Waals surface area contributed by atoms with Crippen molar-refractivity contribution in [1.82, 2.24) is 0 Å². The van der Waals surface area contributed by atoms with E-state index in [0.29, 0.717) is 12.5 Å². The third-order valence-electron chi connectivity index (χ3n) is 4.16. The van der Waals surface area contributed by atoms with E-state index in [2.05, 4.69) is 6.92 Å². The zero-order valence-corrected chi connectivity index (χ0v) is 9.41. The largest absolute Gasteiger partial charge is 0.396 e. The zero-order valence-electron chi connectivity index (χ0n) is 9.41. The number of aliphatic hydroxyl groups is 1. The first kappa shape index (κ1) is 10.5. The lowest BCUT2D eigenvalue weighted by Crippen LogP contribution is -1.91. The molecular formula is C13H24O. The van der Waals surface area contributed by atoms with Gasteiger partial charge in [-0.15, -0.1) is 0 Å². The highest BCUT2D eigenvalue weighted by Gasteiger charge is 2.44. The monoisotopic (exact) mass is 196 g/mol. The van der Waals surface area contributed by atoms with E-state index in [4.69, 9.17) is 5.11 Å². The van der Waals surface area contributed by atoms with Crippen LogP contribution in [-0.4, -0.2) is 11.7 Å². The topological polar surface area (TPSA) is 20.2 Å². The predicted molar refractivity (Wildman–Crippen MR) is 59.0 cm³/mol. The minimum atomic E-state index is 0.442. The van der Waals surface area contributed by atoms with Crippen molar-refractivity contribution in [2.45, 2.75) is 51.9 Å². The van der Waals surface area contributed by atoms with Crippen molar-refractivity contribution in [3.8, 4) is 0 Å². The molecule has 0 radical (unpaired) electrons. The molecule has 0 aromatic heterocycles. The summed E-state index contributed by atoms with van der Waals surface area (Å²) in [4.78, 5) is 0. The van der Waals surface area contributed by atoms with Crippen LogP contribution in [0.25, 0.3) is 0 Å². The van der Waals surface area contributed by atoms with E-state index in [9.17, 15) is 0 Å². The molecule has 3 unspecified atom stereocenters. The van der Waals surface area contributed by atoms with Crippen molar-refractivity contribution in [3.05, 3.63) is 0 Å². The Bertz CT molecular complexity index is 178. The van der Waals surface area contributed by atoms with Gasteiger partial charge >= 0.3 is 0 Å². The second-order valence-corrected chi connectivity index (χ2v) is 5.43. The molecular weight excluding hydrogens is 172 g/mol. The van der Waals surface area contributed by atoms with Crippen LogP contribution in [0, 0.1) is 23.7 Å². The summed E-state index contributed by atoms with van der Waals surface area (Å²) < 4.78 is 0. The summed E-state index contributed by atoms with van der Waals surface area (Å²) in [5, 5.41) is 8.95. The van der Waals surface area contributed by atoms with Crippen molar-refractivity contribution in [1.29, 1.82) is 0 Å². The Labute approximate surface area is 87.9 Å². The SMILES string of the molecule is CCCCCC1C[C@@H]1CC1CC1CO. The van der Waals surface area contributed by atoms with Gasteiger partial charge in [-0.1, -0.05) is 32.6 Å². The maximum atomic E-state index is 8.95. The van der Waals surface area contributed by atoms with Gasteiger partial charge in [0.2, 0.25) is 0 Å². The Morgan fingerprint density at radius 3 is 2.36 bits per heavy atom. The summed E-state index contributed by atoms with van der Waals surface area (Å²) in [7, 11) is 0. The molecule has 0 aliphatic heterocycles. The zero-order chi connectivity index (χ0) is 9.97. The summed E-state index contributed by atoms with van der Waals surface area (Å²) in [5.41, 5.74) is 0. The van der Waals surface area contributed by atoms with E-state index in [1.165, 1.54) is 44.9 Å². The van der Waals surface area contributed by atoms with Gasteiger partial charge in [0.1, 0.15) is 0 Å². The van der Waals surface area contributed by atoms with Crippen LogP contribution in [0.15, 0.2) is 0 Å². The normalized spacial score (nSPS) is 39.9. The molecule has 4 atom stereocenters. The molecule has 1 N–H and O–H groups in total. The number of rotatable bonds is 7. The number of hydrogen-bond acceptors (Lipinski definition) is 1. The molecule has 2 fully saturated rings. The van der Waals surface area contributed by atoms with E-state index in [-0.39, 0.29) is 0 Å². The van der Waals surface area contributed by atoms with Crippen LogP contribution in [0.1, 0.15) is 51.9 Å².